The number of hydrogen-bond donors (Lipinski definition) is 2. The second-order valence-corrected chi connectivity index (χ2v) is 5.93. The molecule has 0 saturated heterocycles. The highest BCUT2D eigenvalue weighted by Gasteiger charge is 2.18. The zero-order valence-electron chi connectivity index (χ0n) is 10.7. The van der Waals surface area contributed by atoms with E-state index < -0.39 is 15.8 Å². The first kappa shape index (κ1) is 14.5. The highest BCUT2D eigenvalue weighted by molar-refractivity contribution is 7.92. The van der Waals surface area contributed by atoms with E-state index in [0.717, 1.165) is 11.8 Å². The molecule has 0 radical (unpaired) electrons. The summed E-state index contributed by atoms with van der Waals surface area (Å²) in [5.74, 6) is -0.651. The lowest BCUT2D eigenvalue weighted by Gasteiger charge is -2.08. The first-order chi connectivity index (χ1) is 9.42. The summed E-state index contributed by atoms with van der Waals surface area (Å²) in [5.41, 5.74) is 0.625. The summed E-state index contributed by atoms with van der Waals surface area (Å²) >= 11 is 0. The second-order valence-electron chi connectivity index (χ2n) is 4.25. The Hall–Kier alpha value is -1.93. The van der Waals surface area contributed by atoms with Crippen LogP contribution in [-0.2, 0) is 16.6 Å². The number of aromatic nitrogens is 2. The maximum absolute atomic E-state index is 13.6. The molecule has 0 aliphatic carbocycles. The number of rotatable bonds is 5. The Labute approximate surface area is 115 Å². The topological polar surface area (TPSA) is 84.2 Å². The average molecular weight is 299 g/mol. The molecule has 6 nitrogen and oxygen atoms in total. The van der Waals surface area contributed by atoms with Crippen LogP contribution in [-0.4, -0.2) is 29.9 Å². The lowest BCUT2D eigenvalue weighted by Crippen LogP contribution is -2.13. The van der Waals surface area contributed by atoms with Crippen molar-refractivity contribution in [2.24, 2.45) is 0 Å². The van der Waals surface area contributed by atoms with Crippen LogP contribution in [0.1, 0.15) is 5.56 Å². The van der Waals surface area contributed by atoms with Gasteiger partial charge in [-0.3, -0.25) is 9.40 Å². The minimum absolute atomic E-state index is 0.0909. The summed E-state index contributed by atoms with van der Waals surface area (Å²) in [7, 11) is -3.91. The molecule has 108 valence electrons. The molecule has 0 unspecified atom stereocenters. The number of benzene rings is 1. The summed E-state index contributed by atoms with van der Waals surface area (Å²) < 4.78 is 41.2. The summed E-state index contributed by atoms with van der Waals surface area (Å²) in [4.78, 5) is -0.0909. The first-order valence-corrected chi connectivity index (χ1v) is 7.33. The van der Waals surface area contributed by atoms with Gasteiger partial charge >= 0.3 is 0 Å². The van der Waals surface area contributed by atoms with Crippen LogP contribution in [0.15, 0.2) is 35.5 Å². The lowest BCUT2D eigenvalue weighted by atomic mass is 10.2. The Bertz CT molecular complexity index is 712. The number of aliphatic hydroxyl groups excluding tert-OH is 1. The van der Waals surface area contributed by atoms with Crippen molar-refractivity contribution in [3.05, 3.63) is 42.0 Å². The Morgan fingerprint density at radius 1 is 1.45 bits per heavy atom. The van der Waals surface area contributed by atoms with Crippen molar-refractivity contribution in [1.82, 2.24) is 9.78 Å². The van der Waals surface area contributed by atoms with Gasteiger partial charge < -0.3 is 5.11 Å². The molecule has 0 aliphatic heterocycles. The van der Waals surface area contributed by atoms with E-state index in [1.165, 1.54) is 23.0 Å². The van der Waals surface area contributed by atoms with E-state index in [9.17, 15) is 12.8 Å². The summed E-state index contributed by atoms with van der Waals surface area (Å²) in [6.45, 7) is 1.77. The van der Waals surface area contributed by atoms with Crippen molar-refractivity contribution in [1.29, 1.82) is 0 Å². The maximum Gasteiger partial charge on any atom is 0.265 e. The van der Waals surface area contributed by atoms with Gasteiger partial charge in [-0.25, -0.2) is 12.8 Å². The molecule has 2 N–H and O–H groups in total. The SMILES string of the molecule is Cc1ccc(F)c(NS(=O)(=O)c2cnn(CCO)c2)c1. The van der Waals surface area contributed by atoms with Crippen LogP contribution in [0.25, 0.3) is 0 Å². The van der Waals surface area contributed by atoms with Gasteiger partial charge in [0.15, 0.2) is 0 Å². The van der Waals surface area contributed by atoms with Crippen LogP contribution in [0.5, 0.6) is 0 Å². The minimum Gasteiger partial charge on any atom is -0.394 e. The number of aryl methyl sites for hydroxylation is 1. The molecule has 1 aromatic carbocycles. The number of nitrogens with one attached hydrogen (secondary N) is 1. The smallest absolute Gasteiger partial charge is 0.265 e. The molecule has 1 heterocycles. The molecule has 0 bridgehead atoms. The van der Waals surface area contributed by atoms with Gasteiger partial charge in [0.1, 0.15) is 10.7 Å². The van der Waals surface area contributed by atoms with Gasteiger partial charge in [0.25, 0.3) is 10.0 Å². The zero-order valence-corrected chi connectivity index (χ0v) is 11.6. The van der Waals surface area contributed by atoms with Gasteiger partial charge in [0.2, 0.25) is 0 Å². The van der Waals surface area contributed by atoms with Crippen molar-refractivity contribution >= 4 is 15.7 Å². The molecule has 0 atom stereocenters. The predicted octanol–water partition coefficient (Wildman–Crippen LogP) is 1.12. The third kappa shape index (κ3) is 3.14. The maximum atomic E-state index is 13.6. The minimum atomic E-state index is -3.91. The fourth-order valence-corrected chi connectivity index (χ4v) is 2.64. The van der Waals surface area contributed by atoms with E-state index in [4.69, 9.17) is 5.11 Å². The van der Waals surface area contributed by atoms with E-state index in [1.807, 2.05) is 0 Å². The molecule has 0 spiro atoms. The Kier molecular flexibility index (Phi) is 4.05. The number of nitrogens with zero attached hydrogens (tertiary/aromatic N) is 2. The van der Waals surface area contributed by atoms with Gasteiger partial charge in [0.05, 0.1) is 25.0 Å². The normalized spacial score (nSPS) is 11.6. The van der Waals surface area contributed by atoms with E-state index in [2.05, 4.69) is 9.82 Å². The molecule has 2 rings (SSSR count). The molecule has 0 saturated carbocycles. The number of anilines is 1. The average Bonchev–Trinajstić information content (AvgIpc) is 2.83. The fraction of sp³-hybridized carbons (Fsp3) is 0.250. The van der Waals surface area contributed by atoms with Gasteiger partial charge in [-0.1, -0.05) is 6.07 Å². The highest BCUT2D eigenvalue weighted by atomic mass is 32.2. The number of sulfonamides is 1. The van der Waals surface area contributed by atoms with Crippen LogP contribution < -0.4 is 4.72 Å². The van der Waals surface area contributed by atoms with Crippen LogP contribution in [0, 0.1) is 12.7 Å². The highest BCUT2D eigenvalue weighted by Crippen LogP contribution is 2.20. The second kappa shape index (κ2) is 5.59. The predicted molar refractivity (Wildman–Crippen MR) is 71.3 cm³/mol. The van der Waals surface area contributed by atoms with E-state index in [0.29, 0.717) is 0 Å². The van der Waals surface area contributed by atoms with Crippen molar-refractivity contribution in [2.45, 2.75) is 18.4 Å². The molecule has 8 heteroatoms. The zero-order chi connectivity index (χ0) is 14.8. The summed E-state index contributed by atoms with van der Waals surface area (Å²) in [6, 6.07) is 4.15. The Balaban J connectivity index is 2.28. The van der Waals surface area contributed by atoms with Crippen LogP contribution in [0.2, 0.25) is 0 Å². The first-order valence-electron chi connectivity index (χ1n) is 5.84. The van der Waals surface area contributed by atoms with Gasteiger partial charge in [-0.15, -0.1) is 0 Å². The molecule has 0 amide bonds. The fourth-order valence-electron chi connectivity index (χ4n) is 1.63. The molecule has 0 fully saturated rings. The Morgan fingerprint density at radius 2 is 2.20 bits per heavy atom. The van der Waals surface area contributed by atoms with Gasteiger partial charge in [0, 0.05) is 6.20 Å². The number of hydrogen-bond acceptors (Lipinski definition) is 4. The van der Waals surface area contributed by atoms with Crippen molar-refractivity contribution in [2.75, 3.05) is 11.3 Å². The molecular formula is C12H14FN3O3S. The Morgan fingerprint density at radius 3 is 2.90 bits per heavy atom. The number of aliphatic hydroxyl groups is 1. The lowest BCUT2D eigenvalue weighted by molar-refractivity contribution is 0.269. The standard InChI is InChI=1S/C12H14FN3O3S/c1-9-2-3-11(13)12(6-9)15-20(18,19)10-7-14-16(8-10)4-5-17/h2-3,6-8,15,17H,4-5H2,1H3. The number of halogens is 1. The van der Waals surface area contributed by atoms with Crippen LogP contribution in [0.4, 0.5) is 10.1 Å². The van der Waals surface area contributed by atoms with Crippen LogP contribution in [0.3, 0.4) is 0 Å². The van der Waals surface area contributed by atoms with Crippen molar-refractivity contribution < 1.29 is 17.9 Å². The molecular weight excluding hydrogens is 285 g/mol. The molecule has 0 aliphatic rings. The van der Waals surface area contributed by atoms with E-state index >= 15 is 0 Å². The van der Waals surface area contributed by atoms with Crippen molar-refractivity contribution in [3.63, 3.8) is 0 Å². The third-order valence-electron chi connectivity index (χ3n) is 2.62. The molecule has 20 heavy (non-hydrogen) atoms. The van der Waals surface area contributed by atoms with E-state index in [1.54, 1.807) is 13.0 Å². The van der Waals surface area contributed by atoms with Gasteiger partial charge in [-0.2, -0.15) is 5.10 Å². The summed E-state index contributed by atoms with van der Waals surface area (Å²) in [5, 5.41) is 12.6. The molecule has 2 aromatic rings. The van der Waals surface area contributed by atoms with Crippen LogP contribution >= 0.6 is 0 Å². The summed E-state index contributed by atoms with van der Waals surface area (Å²) in [6.07, 6.45) is 2.41. The third-order valence-corrected chi connectivity index (χ3v) is 3.94. The quantitative estimate of drug-likeness (QED) is 0.866. The largest absolute Gasteiger partial charge is 0.394 e. The van der Waals surface area contributed by atoms with E-state index in [-0.39, 0.29) is 23.7 Å². The van der Waals surface area contributed by atoms with Gasteiger partial charge in [-0.05, 0) is 24.6 Å². The monoisotopic (exact) mass is 299 g/mol. The van der Waals surface area contributed by atoms with Crippen molar-refractivity contribution in [3.8, 4) is 0 Å². The molecule has 1 aromatic heterocycles.